The van der Waals surface area contributed by atoms with Crippen LogP contribution in [0.5, 0.6) is 0 Å². The summed E-state index contributed by atoms with van der Waals surface area (Å²) >= 11 is 0. The van der Waals surface area contributed by atoms with Gasteiger partial charge in [0.25, 0.3) is 0 Å². The second kappa shape index (κ2) is 7.74. The average molecular weight is 365 g/mol. The fraction of sp³-hybridized carbons (Fsp3) is 0.150. The van der Waals surface area contributed by atoms with Crippen LogP contribution in [0.3, 0.4) is 0 Å². The lowest BCUT2D eigenvalue weighted by Gasteiger charge is -2.25. The molecular weight excluding hydrogens is 346 g/mol. The van der Waals surface area contributed by atoms with Crippen LogP contribution in [-0.4, -0.2) is 35.9 Å². The zero-order valence-corrected chi connectivity index (χ0v) is 15.2. The predicted octanol–water partition coefficient (Wildman–Crippen LogP) is 2.58. The van der Waals surface area contributed by atoms with Crippen LogP contribution in [0.25, 0.3) is 11.3 Å². The quantitative estimate of drug-likeness (QED) is 0.776. The first-order valence-electron chi connectivity index (χ1n) is 8.21. The number of allylic oxidation sites excluding steroid dienone is 2. The number of carbonyl (C=O) groups excluding carboxylic acids is 2. The number of methoxy groups -OCH3 is 2. The number of anilines is 1. The van der Waals surface area contributed by atoms with Crippen molar-refractivity contribution in [2.24, 2.45) is 7.05 Å². The Labute approximate surface area is 156 Å². The number of aromatic nitrogens is 2. The van der Waals surface area contributed by atoms with Gasteiger partial charge in [-0.1, -0.05) is 24.3 Å². The Balaban J connectivity index is 2.23. The number of rotatable bonds is 4. The maximum Gasteiger partial charge on any atom is 0.355 e. The molecule has 0 saturated carbocycles. The molecule has 0 spiro atoms. The van der Waals surface area contributed by atoms with Gasteiger partial charge in [0, 0.05) is 25.0 Å². The van der Waals surface area contributed by atoms with Gasteiger partial charge in [-0.3, -0.25) is 4.68 Å². The first-order valence-corrected chi connectivity index (χ1v) is 8.21. The minimum absolute atomic E-state index is 0.0673. The van der Waals surface area contributed by atoms with E-state index in [4.69, 9.17) is 9.47 Å². The monoisotopic (exact) mass is 365 g/mol. The van der Waals surface area contributed by atoms with Crippen LogP contribution in [0, 0.1) is 0 Å². The molecule has 2 aromatic rings. The molecule has 7 heteroatoms. The molecule has 0 aliphatic carbocycles. The summed E-state index contributed by atoms with van der Waals surface area (Å²) in [6, 6.07) is 9.35. The summed E-state index contributed by atoms with van der Waals surface area (Å²) in [7, 11) is 4.37. The Kier molecular flexibility index (Phi) is 5.21. The fourth-order valence-corrected chi connectivity index (χ4v) is 2.81. The maximum absolute atomic E-state index is 12.6. The summed E-state index contributed by atoms with van der Waals surface area (Å²) in [5.74, 6) is -1.28. The van der Waals surface area contributed by atoms with Crippen LogP contribution in [0.15, 0.2) is 72.2 Å². The molecule has 3 rings (SSSR count). The molecule has 0 atom stereocenters. The summed E-state index contributed by atoms with van der Waals surface area (Å²) in [5.41, 5.74) is 2.39. The van der Waals surface area contributed by atoms with Crippen molar-refractivity contribution >= 4 is 17.6 Å². The average Bonchev–Trinajstić information content (AvgIpc) is 3.00. The van der Waals surface area contributed by atoms with E-state index < -0.39 is 11.9 Å². The minimum atomic E-state index is -0.651. The van der Waals surface area contributed by atoms with Crippen molar-refractivity contribution in [2.75, 3.05) is 19.1 Å². The molecule has 0 bridgehead atoms. The highest BCUT2D eigenvalue weighted by atomic mass is 16.5. The summed E-state index contributed by atoms with van der Waals surface area (Å²) in [4.78, 5) is 26.5. The number of esters is 2. The van der Waals surface area contributed by atoms with Gasteiger partial charge in [-0.15, -0.1) is 0 Å². The molecule has 2 heterocycles. The van der Waals surface area contributed by atoms with E-state index in [9.17, 15) is 9.59 Å². The Morgan fingerprint density at radius 2 is 1.74 bits per heavy atom. The zero-order valence-electron chi connectivity index (χ0n) is 15.2. The molecule has 1 aromatic heterocycles. The number of aryl methyl sites for hydroxylation is 1. The Hall–Kier alpha value is -3.61. The fourth-order valence-electron chi connectivity index (χ4n) is 2.81. The van der Waals surface area contributed by atoms with E-state index in [0.717, 1.165) is 11.3 Å². The van der Waals surface area contributed by atoms with E-state index in [1.54, 1.807) is 27.9 Å². The highest BCUT2D eigenvalue weighted by molar-refractivity contribution is 6.06. The molecule has 27 heavy (non-hydrogen) atoms. The lowest BCUT2D eigenvalue weighted by molar-refractivity contribution is -0.139. The second-order valence-corrected chi connectivity index (χ2v) is 5.71. The third-order valence-electron chi connectivity index (χ3n) is 4.04. The maximum atomic E-state index is 12.6. The summed E-state index contributed by atoms with van der Waals surface area (Å²) in [5, 5.41) is 4.45. The summed E-state index contributed by atoms with van der Waals surface area (Å²) in [6.07, 6.45) is 8.45. The SMILES string of the molecule is COC(=O)C1=C(C(=O)OC)N(c2ccccc2-c2ccn(C)n2)C=CC=C1. The van der Waals surface area contributed by atoms with Gasteiger partial charge in [0.15, 0.2) is 0 Å². The zero-order chi connectivity index (χ0) is 19.4. The minimum Gasteiger partial charge on any atom is -0.465 e. The molecule has 1 aliphatic rings. The van der Waals surface area contributed by atoms with Gasteiger partial charge in [-0.05, 0) is 24.3 Å². The smallest absolute Gasteiger partial charge is 0.355 e. The van der Waals surface area contributed by atoms with Gasteiger partial charge in [0.2, 0.25) is 0 Å². The van der Waals surface area contributed by atoms with Crippen molar-refractivity contribution in [3.05, 3.63) is 72.2 Å². The Morgan fingerprint density at radius 3 is 2.41 bits per heavy atom. The molecule has 1 aromatic carbocycles. The number of carbonyl (C=O) groups is 2. The van der Waals surface area contributed by atoms with Crippen LogP contribution < -0.4 is 4.90 Å². The standard InChI is InChI=1S/C20H19N3O4/c1-22-13-11-16(21-22)14-8-4-5-10-17(14)23-12-7-6-9-15(19(24)26-2)18(23)20(25)27-3/h4-13H,1-3H3. The van der Waals surface area contributed by atoms with E-state index in [1.165, 1.54) is 20.3 Å². The van der Waals surface area contributed by atoms with Crippen molar-refractivity contribution in [1.82, 2.24) is 9.78 Å². The van der Waals surface area contributed by atoms with Crippen molar-refractivity contribution in [2.45, 2.75) is 0 Å². The van der Waals surface area contributed by atoms with Crippen LogP contribution >= 0.6 is 0 Å². The second-order valence-electron chi connectivity index (χ2n) is 5.71. The first kappa shape index (κ1) is 18.2. The van der Waals surface area contributed by atoms with Gasteiger partial charge in [-0.25, -0.2) is 9.59 Å². The number of nitrogens with zero attached hydrogens (tertiary/aromatic N) is 3. The first-order chi connectivity index (χ1) is 13.1. The summed E-state index contributed by atoms with van der Waals surface area (Å²) < 4.78 is 11.5. The van der Waals surface area contributed by atoms with Crippen LogP contribution in [0.4, 0.5) is 5.69 Å². The van der Waals surface area contributed by atoms with E-state index in [0.29, 0.717) is 5.69 Å². The number of benzene rings is 1. The Bertz CT molecular complexity index is 969. The summed E-state index contributed by atoms with van der Waals surface area (Å²) in [6.45, 7) is 0. The molecule has 1 aliphatic heterocycles. The van der Waals surface area contributed by atoms with E-state index in [2.05, 4.69) is 5.10 Å². The van der Waals surface area contributed by atoms with Gasteiger partial charge in [0.05, 0.1) is 31.2 Å². The highest BCUT2D eigenvalue weighted by Gasteiger charge is 2.28. The lowest BCUT2D eigenvalue weighted by atomic mass is 10.1. The van der Waals surface area contributed by atoms with Gasteiger partial charge >= 0.3 is 11.9 Å². The van der Waals surface area contributed by atoms with E-state index >= 15 is 0 Å². The molecule has 7 nitrogen and oxygen atoms in total. The van der Waals surface area contributed by atoms with Gasteiger partial charge in [-0.2, -0.15) is 5.10 Å². The molecular formula is C20H19N3O4. The molecule has 0 amide bonds. The molecule has 0 fully saturated rings. The van der Waals surface area contributed by atoms with Crippen molar-refractivity contribution in [3.8, 4) is 11.3 Å². The molecule has 0 N–H and O–H groups in total. The van der Waals surface area contributed by atoms with Crippen molar-refractivity contribution in [3.63, 3.8) is 0 Å². The molecule has 0 radical (unpaired) electrons. The van der Waals surface area contributed by atoms with Gasteiger partial charge < -0.3 is 14.4 Å². The molecule has 138 valence electrons. The number of para-hydroxylation sites is 1. The molecule has 0 unspecified atom stereocenters. The number of hydrogen-bond acceptors (Lipinski definition) is 6. The lowest BCUT2D eigenvalue weighted by Crippen LogP contribution is -2.27. The Morgan fingerprint density at radius 1 is 1.00 bits per heavy atom. The van der Waals surface area contributed by atoms with Crippen LogP contribution in [0.1, 0.15) is 0 Å². The largest absolute Gasteiger partial charge is 0.465 e. The molecule has 0 saturated heterocycles. The van der Waals surface area contributed by atoms with E-state index in [-0.39, 0.29) is 11.3 Å². The third-order valence-corrected chi connectivity index (χ3v) is 4.04. The topological polar surface area (TPSA) is 73.7 Å². The van der Waals surface area contributed by atoms with Gasteiger partial charge in [0.1, 0.15) is 5.70 Å². The predicted molar refractivity (Wildman–Crippen MR) is 100 cm³/mol. The third kappa shape index (κ3) is 3.52. The van der Waals surface area contributed by atoms with Crippen LogP contribution in [-0.2, 0) is 26.1 Å². The van der Waals surface area contributed by atoms with Crippen molar-refractivity contribution < 1.29 is 19.1 Å². The van der Waals surface area contributed by atoms with E-state index in [1.807, 2.05) is 43.6 Å². The number of ether oxygens (including phenoxy) is 2. The number of hydrogen-bond donors (Lipinski definition) is 0. The van der Waals surface area contributed by atoms with Crippen LogP contribution in [0.2, 0.25) is 0 Å². The highest BCUT2D eigenvalue weighted by Crippen LogP contribution is 2.34. The normalized spacial score (nSPS) is 13.5. The van der Waals surface area contributed by atoms with Crippen molar-refractivity contribution in [1.29, 1.82) is 0 Å².